The quantitative estimate of drug-likeness (QED) is 0.135. The molecule has 1 heterocycles. The van der Waals surface area contributed by atoms with Crippen LogP contribution in [0.4, 0.5) is 0 Å². The molecule has 0 aliphatic carbocycles. The van der Waals surface area contributed by atoms with Gasteiger partial charge >= 0.3 is 29.8 Å². The Morgan fingerprint density at radius 1 is 0.696 bits per heavy atom. The number of carbonyl (C=O) groups excluding carboxylic acids is 6. The molecule has 14 nitrogen and oxygen atoms in total. The number of Topliss-reactive ketones (excluding diaryl/α,β-unsaturated/α-hetero) is 1. The van der Waals surface area contributed by atoms with Gasteiger partial charge in [-0.15, -0.1) is 0 Å². The van der Waals surface area contributed by atoms with E-state index in [1.54, 1.807) is 24.3 Å². The summed E-state index contributed by atoms with van der Waals surface area (Å²) in [5.74, 6) is -3.88. The molecule has 1 fully saturated rings. The molecule has 248 valence electrons. The van der Waals surface area contributed by atoms with Crippen LogP contribution in [0.2, 0.25) is 0 Å². The molecule has 1 aliphatic rings. The summed E-state index contributed by atoms with van der Waals surface area (Å²) in [7, 11) is 1.54. The third kappa shape index (κ3) is 10.0. The van der Waals surface area contributed by atoms with Crippen molar-refractivity contribution >= 4 is 35.6 Å². The lowest BCUT2D eigenvalue weighted by Crippen LogP contribution is -2.63. The summed E-state index contributed by atoms with van der Waals surface area (Å²) in [6.45, 7) is 5.11. The molecule has 1 saturated heterocycles. The maximum atomic E-state index is 13.7. The van der Waals surface area contributed by atoms with Gasteiger partial charge in [0.05, 0.1) is 7.11 Å². The fourth-order valence-electron chi connectivity index (χ4n) is 4.71. The van der Waals surface area contributed by atoms with Crippen LogP contribution in [0.25, 0.3) is 0 Å². The Labute approximate surface area is 265 Å². The minimum atomic E-state index is -1.61. The fraction of sp³-hybridized carbons (Fsp3) is 0.438. The Morgan fingerprint density at radius 3 is 1.85 bits per heavy atom. The third-order valence-corrected chi connectivity index (χ3v) is 6.51. The van der Waals surface area contributed by atoms with Crippen molar-refractivity contribution in [2.24, 2.45) is 0 Å². The van der Waals surface area contributed by atoms with E-state index in [4.69, 9.17) is 37.9 Å². The molecule has 0 unspecified atom stereocenters. The van der Waals surface area contributed by atoms with E-state index in [1.165, 1.54) is 32.2 Å². The number of methoxy groups -OCH3 is 1. The summed E-state index contributed by atoms with van der Waals surface area (Å²) in [5, 5.41) is 0. The van der Waals surface area contributed by atoms with Crippen LogP contribution in [-0.2, 0) is 54.1 Å². The Balaban J connectivity index is 2.05. The first-order valence-electron chi connectivity index (χ1n) is 14.2. The summed E-state index contributed by atoms with van der Waals surface area (Å²) in [4.78, 5) is 73.7. The van der Waals surface area contributed by atoms with E-state index in [1.807, 2.05) is 0 Å². The summed E-state index contributed by atoms with van der Waals surface area (Å²) < 4.78 is 44.0. The first-order chi connectivity index (χ1) is 21.8. The first-order valence-corrected chi connectivity index (χ1v) is 14.2. The minimum Gasteiger partial charge on any atom is -0.497 e. The molecular formula is C32H36O14. The second kappa shape index (κ2) is 16.4. The number of rotatable bonds is 13. The van der Waals surface area contributed by atoms with Crippen LogP contribution < -0.4 is 14.2 Å². The van der Waals surface area contributed by atoms with Crippen molar-refractivity contribution in [3.8, 4) is 17.2 Å². The van der Waals surface area contributed by atoms with Gasteiger partial charge in [-0.1, -0.05) is 18.2 Å². The van der Waals surface area contributed by atoms with Crippen LogP contribution in [0.1, 0.15) is 57.0 Å². The van der Waals surface area contributed by atoms with Gasteiger partial charge in [0.1, 0.15) is 35.5 Å². The van der Waals surface area contributed by atoms with Crippen molar-refractivity contribution in [2.75, 3.05) is 13.7 Å². The second-order valence-corrected chi connectivity index (χ2v) is 10.2. The lowest BCUT2D eigenvalue weighted by molar-refractivity contribution is -0.288. The highest BCUT2D eigenvalue weighted by Gasteiger charge is 2.53. The van der Waals surface area contributed by atoms with E-state index in [-0.39, 0.29) is 23.5 Å². The summed E-state index contributed by atoms with van der Waals surface area (Å²) >= 11 is 0. The average Bonchev–Trinajstić information content (AvgIpc) is 2.97. The van der Waals surface area contributed by atoms with Gasteiger partial charge in [-0.3, -0.25) is 28.8 Å². The van der Waals surface area contributed by atoms with Crippen LogP contribution in [0.5, 0.6) is 17.2 Å². The number of ether oxygens (including phenoxy) is 8. The summed E-state index contributed by atoms with van der Waals surface area (Å²) in [5.41, 5.74) is 0.722. The molecule has 1 aliphatic heterocycles. The fourth-order valence-corrected chi connectivity index (χ4v) is 4.71. The molecule has 5 atom stereocenters. The number of hydrogen-bond acceptors (Lipinski definition) is 14. The lowest BCUT2D eigenvalue weighted by atomic mass is 9.97. The van der Waals surface area contributed by atoms with Crippen molar-refractivity contribution in [3.05, 3.63) is 53.6 Å². The minimum absolute atomic E-state index is 0.0282. The summed E-state index contributed by atoms with van der Waals surface area (Å²) in [6.07, 6.45) is -7.03. The standard InChI is InChI=1S/C32H36O14/c1-17(33)40-16-27-29(42-19(3)35)30(43-20(4)36)31(44-21(5)37)32(46-27)45-26-9-7-8-25(41-18(2)34)28(26)24(38)15-12-22-10-13-23(39-6)14-11-22/h7-11,13-14,27,29-32H,12,15-16H2,1-6H3/t27-,29-,30+,31-,32-/m1/s1. The third-order valence-electron chi connectivity index (χ3n) is 6.51. The smallest absolute Gasteiger partial charge is 0.308 e. The van der Waals surface area contributed by atoms with Crippen molar-refractivity contribution in [3.63, 3.8) is 0 Å². The molecule has 14 heteroatoms. The molecule has 0 bridgehead atoms. The van der Waals surface area contributed by atoms with Gasteiger partial charge in [-0.05, 0) is 36.2 Å². The van der Waals surface area contributed by atoms with Gasteiger partial charge in [0.2, 0.25) is 12.4 Å². The molecule has 0 aromatic heterocycles. The molecule has 2 aromatic carbocycles. The van der Waals surface area contributed by atoms with E-state index < -0.39 is 72.9 Å². The highest BCUT2D eigenvalue weighted by atomic mass is 16.7. The van der Waals surface area contributed by atoms with Gasteiger partial charge in [0, 0.05) is 41.0 Å². The van der Waals surface area contributed by atoms with Crippen LogP contribution in [-0.4, -0.2) is 80.1 Å². The van der Waals surface area contributed by atoms with E-state index >= 15 is 0 Å². The predicted molar refractivity (Wildman–Crippen MR) is 156 cm³/mol. The van der Waals surface area contributed by atoms with Gasteiger partial charge in [-0.2, -0.15) is 0 Å². The van der Waals surface area contributed by atoms with Gasteiger partial charge in [0.15, 0.2) is 18.0 Å². The molecule has 0 spiro atoms. The number of esters is 5. The zero-order valence-corrected chi connectivity index (χ0v) is 26.3. The zero-order valence-electron chi connectivity index (χ0n) is 26.3. The highest BCUT2D eigenvalue weighted by molar-refractivity contribution is 6.02. The number of ketones is 1. The molecule has 0 radical (unpaired) electrons. The molecular weight excluding hydrogens is 608 g/mol. The SMILES string of the molecule is COc1ccc(CCC(=O)c2c(OC(C)=O)cccc2O[C@@H]2O[C@H](COC(C)=O)[C@@H](OC(C)=O)[C@H](OC(C)=O)[C@H]2OC(C)=O)cc1. The van der Waals surface area contributed by atoms with E-state index in [9.17, 15) is 28.8 Å². The number of hydrogen-bond donors (Lipinski definition) is 0. The number of aryl methyl sites for hydroxylation is 1. The van der Waals surface area contributed by atoms with Gasteiger partial charge in [0.25, 0.3) is 0 Å². The van der Waals surface area contributed by atoms with Gasteiger partial charge in [-0.25, -0.2) is 0 Å². The largest absolute Gasteiger partial charge is 0.497 e. The highest BCUT2D eigenvalue weighted by Crippen LogP contribution is 2.35. The molecule has 2 aromatic rings. The molecule has 0 amide bonds. The van der Waals surface area contributed by atoms with Crippen molar-refractivity contribution in [1.82, 2.24) is 0 Å². The van der Waals surface area contributed by atoms with E-state index in [0.29, 0.717) is 12.2 Å². The Morgan fingerprint density at radius 2 is 1.28 bits per heavy atom. The van der Waals surface area contributed by atoms with Crippen LogP contribution in [0, 0.1) is 0 Å². The zero-order chi connectivity index (χ0) is 34.0. The Hall–Kier alpha value is -4.98. The van der Waals surface area contributed by atoms with Crippen molar-refractivity contribution in [2.45, 2.75) is 78.2 Å². The topological polar surface area (TPSA) is 176 Å². The maximum Gasteiger partial charge on any atom is 0.308 e. The van der Waals surface area contributed by atoms with Crippen LogP contribution in [0.15, 0.2) is 42.5 Å². The van der Waals surface area contributed by atoms with Crippen LogP contribution in [0.3, 0.4) is 0 Å². The summed E-state index contributed by atoms with van der Waals surface area (Å²) in [6, 6.07) is 11.4. The van der Waals surface area contributed by atoms with E-state index in [2.05, 4.69) is 0 Å². The molecule has 0 saturated carbocycles. The Bertz CT molecular complexity index is 1430. The van der Waals surface area contributed by atoms with Crippen molar-refractivity contribution in [1.29, 1.82) is 0 Å². The van der Waals surface area contributed by atoms with E-state index in [0.717, 1.165) is 33.3 Å². The lowest BCUT2D eigenvalue weighted by Gasteiger charge is -2.44. The Kier molecular flexibility index (Phi) is 12.6. The van der Waals surface area contributed by atoms with Crippen molar-refractivity contribution < 1.29 is 66.7 Å². The van der Waals surface area contributed by atoms with Crippen LogP contribution >= 0.6 is 0 Å². The molecule has 46 heavy (non-hydrogen) atoms. The average molecular weight is 645 g/mol. The number of carbonyl (C=O) groups is 6. The number of benzene rings is 2. The molecule has 3 rings (SSSR count). The normalized spacial score (nSPS) is 20.4. The first kappa shape index (κ1) is 35.5. The molecule has 0 N–H and O–H groups in total. The second-order valence-electron chi connectivity index (χ2n) is 10.2. The van der Waals surface area contributed by atoms with Gasteiger partial charge < -0.3 is 37.9 Å². The monoisotopic (exact) mass is 644 g/mol. The predicted octanol–water partition coefficient (Wildman–Crippen LogP) is 2.90. The maximum absolute atomic E-state index is 13.7.